The molecule has 1 aliphatic rings. The molecule has 1 fully saturated rings. The summed E-state index contributed by atoms with van der Waals surface area (Å²) in [5, 5.41) is 10.8. The fourth-order valence-corrected chi connectivity index (χ4v) is 2.56. The summed E-state index contributed by atoms with van der Waals surface area (Å²) in [4.78, 5) is 22.0. The molecule has 0 spiro atoms. The van der Waals surface area contributed by atoms with Crippen LogP contribution in [0.3, 0.4) is 0 Å². The maximum atomic E-state index is 11.3. The third kappa shape index (κ3) is 2.01. The minimum atomic E-state index is -0.963. The molecule has 6 heteroatoms. The summed E-state index contributed by atoms with van der Waals surface area (Å²) in [6.45, 7) is 3.63. The molecular weight excluding hydrogens is 206 g/mol. The number of carboxylic acids is 1. The van der Waals surface area contributed by atoms with Crippen LogP contribution in [0.2, 0.25) is 0 Å². The van der Waals surface area contributed by atoms with Gasteiger partial charge >= 0.3 is 11.9 Å². The van der Waals surface area contributed by atoms with Crippen molar-refractivity contribution in [3.8, 4) is 0 Å². The van der Waals surface area contributed by atoms with E-state index in [-0.39, 0.29) is 0 Å². The fourth-order valence-electron chi connectivity index (χ4n) is 1.35. The van der Waals surface area contributed by atoms with Crippen LogP contribution in [-0.2, 0) is 14.3 Å². The van der Waals surface area contributed by atoms with Crippen molar-refractivity contribution in [1.82, 2.24) is 5.32 Å². The van der Waals surface area contributed by atoms with E-state index in [1.807, 2.05) is 13.8 Å². The monoisotopic (exact) mass is 219 g/mol. The van der Waals surface area contributed by atoms with Gasteiger partial charge in [-0.05, 0) is 13.8 Å². The van der Waals surface area contributed by atoms with Gasteiger partial charge < -0.3 is 9.84 Å². The summed E-state index contributed by atoms with van der Waals surface area (Å²) in [7, 11) is 1.29. The molecule has 5 nitrogen and oxygen atoms in total. The van der Waals surface area contributed by atoms with Crippen molar-refractivity contribution < 1.29 is 19.4 Å². The zero-order valence-corrected chi connectivity index (χ0v) is 9.05. The lowest BCUT2D eigenvalue weighted by Gasteiger charge is -2.22. The molecule has 1 rings (SSSR count). The van der Waals surface area contributed by atoms with E-state index in [2.05, 4.69) is 10.1 Å². The van der Waals surface area contributed by atoms with Crippen molar-refractivity contribution >= 4 is 23.7 Å². The number of nitrogens with one attached hydrogen (secondary N) is 1. The van der Waals surface area contributed by atoms with E-state index in [1.54, 1.807) is 0 Å². The first-order valence-corrected chi connectivity index (χ1v) is 5.01. The number of hydrogen-bond donors (Lipinski definition) is 2. The lowest BCUT2D eigenvalue weighted by Crippen LogP contribution is -2.46. The zero-order chi connectivity index (χ0) is 10.9. The van der Waals surface area contributed by atoms with Crippen molar-refractivity contribution in [2.75, 3.05) is 7.11 Å². The average Bonchev–Trinajstić information content (AvgIpc) is 2.40. The largest absolute Gasteiger partial charge is 0.479 e. The number of carboxylic acid groups (broad SMARTS) is 1. The lowest BCUT2D eigenvalue weighted by atomic mass is 10.0. The Balaban J connectivity index is 2.78. The van der Waals surface area contributed by atoms with Crippen LogP contribution in [0.25, 0.3) is 0 Å². The van der Waals surface area contributed by atoms with Crippen molar-refractivity contribution in [3.05, 3.63) is 0 Å². The molecule has 0 aliphatic carbocycles. The van der Waals surface area contributed by atoms with Crippen LogP contribution >= 0.6 is 11.8 Å². The van der Waals surface area contributed by atoms with Crippen LogP contribution in [0.1, 0.15) is 13.8 Å². The SMILES string of the molecule is COC(=O)[C@@H]1N[C@@H](C(=O)O)SC1(C)C. The lowest BCUT2D eigenvalue weighted by molar-refractivity contribution is -0.144. The third-order valence-corrected chi connectivity index (χ3v) is 3.51. The Labute approximate surface area is 86.2 Å². The summed E-state index contributed by atoms with van der Waals surface area (Å²) in [5.41, 5.74) is 0. The first-order valence-electron chi connectivity index (χ1n) is 4.13. The Kier molecular flexibility index (Phi) is 3.06. The van der Waals surface area contributed by atoms with Gasteiger partial charge in [-0.2, -0.15) is 0 Å². The maximum absolute atomic E-state index is 11.3. The second kappa shape index (κ2) is 3.78. The minimum Gasteiger partial charge on any atom is -0.479 e. The average molecular weight is 219 g/mol. The van der Waals surface area contributed by atoms with E-state index >= 15 is 0 Å². The molecule has 2 N–H and O–H groups in total. The van der Waals surface area contributed by atoms with Gasteiger partial charge in [0.15, 0.2) is 5.37 Å². The highest BCUT2D eigenvalue weighted by molar-refractivity contribution is 8.02. The van der Waals surface area contributed by atoms with Gasteiger partial charge in [0.25, 0.3) is 0 Å². The number of carbonyl (C=O) groups is 2. The second-order valence-corrected chi connectivity index (χ2v) is 5.32. The molecule has 0 aromatic rings. The molecular formula is C8H13NO4S. The standard InChI is InChI=1S/C8H13NO4S/c1-8(2)4(7(12)13-3)9-5(14-8)6(10)11/h4-5,9H,1-3H3,(H,10,11)/t4-,5+/m0/s1. The molecule has 14 heavy (non-hydrogen) atoms. The van der Waals surface area contributed by atoms with Crippen LogP contribution in [0, 0.1) is 0 Å². The van der Waals surface area contributed by atoms with Gasteiger partial charge in [-0.1, -0.05) is 0 Å². The normalized spacial score (nSPS) is 29.9. The number of rotatable bonds is 2. The Bertz CT molecular complexity index is 266. The second-order valence-electron chi connectivity index (χ2n) is 3.56. The molecule has 1 aliphatic heterocycles. The highest BCUT2D eigenvalue weighted by atomic mass is 32.2. The molecule has 2 atom stereocenters. The molecule has 0 radical (unpaired) electrons. The van der Waals surface area contributed by atoms with E-state index in [4.69, 9.17) is 5.11 Å². The van der Waals surface area contributed by atoms with Gasteiger partial charge in [0.2, 0.25) is 0 Å². The number of esters is 1. The summed E-state index contributed by atoms with van der Waals surface area (Å²) in [6.07, 6.45) is 0. The van der Waals surface area contributed by atoms with Crippen LogP contribution in [0.4, 0.5) is 0 Å². The Morgan fingerprint density at radius 3 is 2.43 bits per heavy atom. The molecule has 0 aromatic carbocycles. The van der Waals surface area contributed by atoms with E-state index in [0.717, 1.165) is 0 Å². The van der Waals surface area contributed by atoms with Gasteiger partial charge in [0.1, 0.15) is 6.04 Å². The summed E-state index contributed by atoms with van der Waals surface area (Å²) in [5.74, 6) is -1.39. The first kappa shape index (κ1) is 11.3. The Hall–Kier alpha value is -0.750. The number of carbonyl (C=O) groups excluding carboxylic acids is 1. The first-order chi connectivity index (χ1) is 6.38. The molecule has 1 saturated heterocycles. The van der Waals surface area contributed by atoms with E-state index < -0.39 is 28.1 Å². The molecule has 0 saturated carbocycles. The van der Waals surface area contributed by atoms with Crippen molar-refractivity contribution in [2.24, 2.45) is 0 Å². The topological polar surface area (TPSA) is 75.6 Å². The summed E-state index contributed by atoms with van der Waals surface area (Å²) >= 11 is 1.22. The predicted octanol–water partition coefficient (Wildman–Crippen LogP) is 0.0537. The van der Waals surface area contributed by atoms with Crippen molar-refractivity contribution in [3.63, 3.8) is 0 Å². The molecule has 0 amide bonds. The zero-order valence-electron chi connectivity index (χ0n) is 8.23. The van der Waals surface area contributed by atoms with Crippen molar-refractivity contribution in [1.29, 1.82) is 0 Å². The number of ether oxygens (including phenoxy) is 1. The number of hydrogen-bond acceptors (Lipinski definition) is 5. The Morgan fingerprint density at radius 2 is 2.07 bits per heavy atom. The summed E-state index contributed by atoms with van der Waals surface area (Å²) < 4.78 is 4.13. The quantitative estimate of drug-likeness (QED) is 0.639. The van der Waals surface area contributed by atoms with Crippen LogP contribution in [0.5, 0.6) is 0 Å². The fraction of sp³-hybridized carbons (Fsp3) is 0.750. The van der Waals surface area contributed by atoms with Gasteiger partial charge in [-0.3, -0.25) is 10.1 Å². The number of aliphatic carboxylic acids is 1. The highest BCUT2D eigenvalue weighted by Gasteiger charge is 2.48. The minimum absolute atomic E-state index is 0.425. The van der Waals surface area contributed by atoms with Crippen molar-refractivity contribution in [2.45, 2.75) is 30.0 Å². The van der Waals surface area contributed by atoms with E-state index in [1.165, 1.54) is 18.9 Å². The molecule has 0 unspecified atom stereocenters. The smallest absolute Gasteiger partial charge is 0.331 e. The molecule has 0 aromatic heterocycles. The predicted molar refractivity (Wildman–Crippen MR) is 52.0 cm³/mol. The summed E-state index contributed by atoms with van der Waals surface area (Å²) in [6, 6.07) is -0.571. The van der Waals surface area contributed by atoms with Gasteiger partial charge in [0.05, 0.1) is 7.11 Å². The highest BCUT2D eigenvalue weighted by Crippen LogP contribution is 2.38. The van der Waals surface area contributed by atoms with Gasteiger partial charge in [-0.15, -0.1) is 11.8 Å². The number of methoxy groups -OCH3 is 1. The maximum Gasteiger partial charge on any atom is 0.331 e. The van der Waals surface area contributed by atoms with Crippen LogP contribution in [-0.4, -0.2) is 40.3 Å². The van der Waals surface area contributed by atoms with Crippen LogP contribution < -0.4 is 5.32 Å². The molecule has 0 bridgehead atoms. The Morgan fingerprint density at radius 1 is 1.50 bits per heavy atom. The molecule has 80 valence electrons. The molecule has 1 heterocycles. The van der Waals surface area contributed by atoms with Gasteiger partial charge in [0, 0.05) is 4.75 Å². The van der Waals surface area contributed by atoms with E-state index in [9.17, 15) is 9.59 Å². The van der Waals surface area contributed by atoms with Crippen LogP contribution in [0.15, 0.2) is 0 Å². The number of thioether (sulfide) groups is 1. The van der Waals surface area contributed by atoms with Gasteiger partial charge in [-0.25, -0.2) is 4.79 Å². The third-order valence-electron chi connectivity index (χ3n) is 2.10. The van der Waals surface area contributed by atoms with E-state index in [0.29, 0.717) is 0 Å².